The Morgan fingerprint density at radius 3 is 2.45 bits per heavy atom. The zero-order valence-electron chi connectivity index (χ0n) is 17.7. The zero-order valence-corrected chi connectivity index (χ0v) is 17.7. The second-order valence-electron chi connectivity index (χ2n) is 7.54. The summed E-state index contributed by atoms with van der Waals surface area (Å²) in [5.41, 5.74) is 2.02. The van der Waals surface area contributed by atoms with Gasteiger partial charge in [-0.3, -0.25) is 9.69 Å². The Bertz CT molecular complexity index is 854. The summed E-state index contributed by atoms with van der Waals surface area (Å²) in [5, 5.41) is 10.8. The van der Waals surface area contributed by atoms with Crippen molar-refractivity contribution in [3.63, 3.8) is 0 Å². The van der Waals surface area contributed by atoms with Gasteiger partial charge in [0.1, 0.15) is 11.5 Å². The standard InChI is InChI=1S/C23H32N2O4/c1-4-29-19-10-8-18(9-11-19)22(24-12-6-5-7-13-24)21-20(26)16-17(2)25(23(21)27)14-15-28-3/h8-11,16,22,26H,4-7,12-15H2,1-3H3/t22-/m0/s1. The maximum atomic E-state index is 13.4. The number of piperidine rings is 1. The number of rotatable bonds is 8. The van der Waals surface area contributed by atoms with Gasteiger partial charge in [-0.15, -0.1) is 0 Å². The molecule has 1 saturated heterocycles. The third-order valence-electron chi connectivity index (χ3n) is 5.58. The fourth-order valence-corrected chi connectivity index (χ4v) is 4.14. The molecule has 3 rings (SSSR count). The van der Waals surface area contributed by atoms with Gasteiger partial charge in [-0.25, -0.2) is 0 Å². The van der Waals surface area contributed by atoms with E-state index in [0.29, 0.717) is 25.3 Å². The molecule has 1 fully saturated rings. The number of aryl methyl sites for hydroxylation is 1. The molecule has 1 aromatic carbocycles. The third-order valence-corrected chi connectivity index (χ3v) is 5.58. The van der Waals surface area contributed by atoms with Crippen LogP contribution >= 0.6 is 0 Å². The van der Waals surface area contributed by atoms with Crippen molar-refractivity contribution in [3.05, 3.63) is 57.5 Å². The molecule has 29 heavy (non-hydrogen) atoms. The topological polar surface area (TPSA) is 63.9 Å². The maximum absolute atomic E-state index is 13.4. The average molecular weight is 401 g/mol. The summed E-state index contributed by atoms with van der Waals surface area (Å²) in [4.78, 5) is 15.8. The molecule has 0 amide bonds. The molecule has 1 aliphatic heterocycles. The molecular weight excluding hydrogens is 368 g/mol. The van der Waals surface area contributed by atoms with Gasteiger partial charge in [0.05, 0.1) is 24.8 Å². The number of aromatic hydroxyl groups is 1. The highest BCUT2D eigenvalue weighted by atomic mass is 16.5. The fraction of sp³-hybridized carbons (Fsp3) is 0.522. The largest absolute Gasteiger partial charge is 0.507 e. The van der Waals surface area contributed by atoms with Gasteiger partial charge in [-0.2, -0.15) is 0 Å². The van der Waals surface area contributed by atoms with Crippen molar-refractivity contribution in [2.45, 2.75) is 45.7 Å². The molecule has 0 bridgehead atoms. The van der Waals surface area contributed by atoms with Crippen LogP contribution in [0, 0.1) is 6.92 Å². The Morgan fingerprint density at radius 1 is 1.14 bits per heavy atom. The van der Waals surface area contributed by atoms with Crippen LogP contribution in [-0.4, -0.2) is 48.0 Å². The van der Waals surface area contributed by atoms with Gasteiger partial charge in [0.25, 0.3) is 5.56 Å². The maximum Gasteiger partial charge on any atom is 0.259 e. The molecule has 0 saturated carbocycles. The van der Waals surface area contributed by atoms with E-state index in [1.807, 2.05) is 38.1 Å². The Morgan fingerprint density at radius 2 is 1.83 bits per heavy atom. The first-order valence-electron chi connectivity index (χ1n) is 10.5. The molecular formula is C23H32N2O4. The number of pyridine rings is 1. The van der Waals surface area contributed by atoms with E-state index >= 15 is 0 Å². The van der Waals surface area contributed by atoms with E-state index in [9.17, 15) is 9.90 Å². The first-order valence-corrected chi connectivity index (χ1v) is 10.5. The molecule has 0 radical (unpaired) electrons. The van der Waals surface area contributed by atoms with E-state index in [1.165, 1.54) is 6.42 Å². The Hall–Kier alpha value is -2.31. The first-order chi connectivity index (χ1) is 14.1. The minimum Gasteiger partial charge on any atom is -0.507 e. The second kappa shape index (κ2) is 9.94. The van der Waals surface area contributed by atoms with Crippen LogP contribution in [0.5, 0.6) is 11.5 Å². The fourth-order valence-electron chi connectivity index (χ4n) is 4.14. The van der Waals surface area contributed by atoms with E-state index in [1.54, 1.807) is 17.7 Å². The van der Waals surface area contributed by atoms with Crippen LogP contribution in [0.3, 0.4) is 0 Å². The average Bonchev–Trinajstić information content (AvgIpc) is 2.72. The highest BCUT2D eigenvalue weighted by molar-refractivity contribution is 5.42. The molecule has 6 heteroatoms. The van der Waals surface area contributed by atoms with Crippen molar-refractivity contribution in [1.82, 2.24) is 9.47 Å². The van der Waals surface area contributed by atoms with Crippen LogP contribution < -0.4 is 10.3 Å². The van der Waals surface area contributed by atoms with Gasteiger partial charge in [-0.1, -0.05) is 18.6 Å². The molecule has 6 nitrogen and oxygen atoms in total. The van der Waals surface area contributed by atoms with Crippen molar-refractivity contribution < 1.29 is 14.6 Å². The number of hydrogen-bond acceptors (Lipinski definition) is 5. The number of nitrogens with zero attached hydrogens (tertiary/aromatic N) is 2. The van der Waals surface area contributed by atoms with Gasteiger partial charge in [0.15, 0.2) is 0 Å². The summed E-state index contributed by atoms with van der Waals surface area (Å²) in [5.74, 6) is 0.866. The normalized spacial score (nSPS) is 16.0. The molecule has 1 aromatic heterocycles. The van der Waals surface area contributed by atoms with Crippen LogP contribution in [0.15, 0.2) is 35.1 Å². The van der Waals surface area contributed by atoms with Crippen molar-refractivity contribution in [2.24, 2.45) is 0 Å². The smallest absolute Gasteiger partial charge is 0.259 e. The molecule has 2 aromatic rings. The van der Waals surface area contributed by atoms with Crippen LogP contribution in [0.2, 0.25) is 0 Å². The number of ether oxygens (including phenoxy) is 2. The van der Waals surface area contributed by atoms with Crippen molar-refractivity contribution in [2.75, 3.05) is 33.4 Å². The van der Waals surface area contributed by atoms with Crippen LogP contribution in [0.1, 0.15) is 49.0 Å². The van der Waals surface area contributed by atoms with Crippen molar-refractivity contribution in [3.8, 4) is 11.5 Å². The quantitative estimate of drug-likeness (QED) is 0.735. The van der Waals surface area contributed by atoms with E-state index in [4.69, 9.17) is 9.47 Å². The summed E-state index contributed by atoms with van der Waals surface area (Å²) in [6.07, 6.45) is 3.39. The minimum atomic E-state index is -0.284. The van der Waals surface area contributed by atoms with Crippen LogP contribution in [0.4, 0.5) is 0 Å². The molecule has 2 heterocycles. The van der Waals surface area contributed by atoms with Crippen molar-refractivity contribution in [1.29, 1.82) is 0 Å². The second-order valence-corrected chi connectivity index (χ2v) is 7.54. The number of hydrogen-bond donors (Lipinski definition) is 1. The Labute approximate surface area is 172 Å². The SMILES string of the molecule is CCOc1ccc([C@@H](c2c(O)cc(C)n(CCOC)c2=O)N2CCCCC2)cc1. The summed E-state index contributed by atoms with van der Waals surface area (Å²) in [7, 11) is 1.62. The highest BCUT2D eigenvalue weighted by Crippen LogP contribution is 2.35. The lowest BCUT2D eigenvalue weighted by molar-refractivity contribution is 0.178. The summed E-state index contributed by atoms with van der Waals surface area (Å²) >= 11 is 0. The Balaban J connectivity index is 2.09. The van der Waals surface area contributed by atoms with E-state index in [-0.39, 0.29) is 17.4 Å². The third kappa shape index (κ3) is 4.82. The lowest BCUT2D eigenvalue weighted by atomic mass is 9.94. The highest BCUT2D eigenvalue weighted by Gasteiger charge is 2.30. The summed E-state index contributed by atoms with van der Waals surface area (Å²) < 4.78 is 12.5. The number of methoxy groups -OCH3 is 1. The van der Waals surface area contributed by atoms with E-state index in [2.05, 4.69) is 4.90 Å². The first kappa shape index (κ1) is 21.4. The van der Waals surface area contributed by atoms with Crippen LogP contribution in [0.25, 0.3) is 0 Å². The van der Waals surface area contributed by atoms with Gasteiger partial charge < -0.3 is 19.1 Å². The molecule has 0 aliphatic carbocycles. The molecule has 1 N–H and O–H groups in total. The van der Waals surface area contributed by atoms with Gasteiger partial charge in [-0.05, 0) is 63.5 Å². The molecule has 0 spiro atoms. The summed E-state index contributed by atoms with van der Waals surface area (Å²) in [6, 6.07) is 9.28. The monoisotopic (exact) mass is 400 g/mol. The lowest BCUT2D eigenvalue weighted by Crippen LogP contribution is -2.39. The number of aromatic nitrogens is 1. The van der Waals surface area contributed by atoms with Crippen LogP contribution in [-0.2, 0) is 11.3 Å². The minimum absolute atomic E-state index is 0.0608. The van der Waals surface area contributed by atoms with Gasteiger partial charge >= 0.3 is 0 Å². The summed E-state index contributed by atoms with van der Waals surface area (Å²) in [6.45, 7) is 7.13. The zero-order chi connectivity index (χ0) is 20.8. The predicted molar refractivity (Wildman–Crippen MR) is 114 cm³/mol. The number of likely N-dealkylation sites (tertiary alicyclic amines) is 1. The number of benzene rings is 1. The van der Waals surface area contributed by atoms with Gasteiger partial charge in [0.2, 0.25) is 0 Å². The van der Waals surface area contributed by atoms with Crippen molar-refractivity contribution >= 4 is 0 Å². The van der Waals surface area contributed by atoms with E-state index < -0.39 is 0 Å². The predicted octanol–water partition coefficient (Wildman–Crippen LogP) is 3.48. The Kier molecular flexibility index (Phi) is 7.34. The molecule has 0 unspecified atom stereocenters. The lowest BCUT2D eigenvalue weighted by Gasteiger charge is -2.35. The molecule has 158 valence electrons. The molecule has 1 aliphatic rings. The van der Waals surface area contributed by atoms with Gasteiger partial charge in [0, 0.05) is 19.3 Å². The molecule has 1 atom stereocenters. The van der Waals surface area contributed by atoms with E-state index in [0.717, 1.165) is 42.9 Å².